The van der Waals surface area contributed by atoms with E-state index < -0.39 is 11.2 Å². The number of aryl methyl sites for hydroxylation is 2. The normalized spacial score (nSPS) is 17.6. The third-order valence-electron chi connectivity index (χ3n) is 4.81. The number of carbonyl (C=O) groups excluding carboxylic acids is 1. The van der Waals surface area contributed by atoms with Crippen LogP contribution in [-0.2, 0) is 17.8 Å². The monoisotopic (exact) mass is 345 g/mol. The van der Waals surface area contributed by atoms with E-state index in [9.17, 15) is 14.4 Å². The van der Waals surface area contributed by atoms with Crippen molar-refractivity contribution < 1.29 is 4.79 Å². The van der Waals surface area contributed by atoms with Crippen LogP contribution in [-0.4, -0.2) is 42.9 Å². The smallest absolute Gasteiger partial charge is 0.325 e. The van der Waals surface area contributed by atoms with Gasteiger partial charge >= 0.3 is 5.69 Å². The lowest BCUT2D eigenvalue weighted by atomic mass is 9.98. The van der Waals surface area contributed by atoms with E-state index >= 15 is 0 Å². The van der Waals surface area contributed by atoms with Crippen LogP contribution >= 0.6 is 0 Å². The molecule has 1 amide bonds. The Bertz CT molecular complexity index is 850. The number of H-pyrrole nitrogens is 2. The van der Waals surface area contributed by atoms with Gasteiger partial charge in [-0.2, -0.15) is 0 Å². The van der Waals surface area contributed by atoms with Gasteiger partial charge in [0.15, 0.2) is 0 Å². The van der Waals surface area contributed by atoms with Crippen LogP contribution in [0.15, 0.2) is 28.2 Å². The topological polar surface area (TPSA) is 104 Å². The van der Waals surface area contributed by atoms with Crippen molar-refractivity contribution in [3.05, 3.63) is 50.8 Å². The predicted molar refractivity (Wildman–Crippen MR) is 92.3 cm³/mol. The van der Waals surface area contributed by atoms with Crippen LogP contribution in [0.4, 0.5) is 0 Å². The Kier molecular flexibility index (Phi) is 5.16. The lowest BCUT2D eigenvalue weighted by Gasteiger charge is -2.36. The second-order valence-electron chi connectivity index (χ2n) is 6.47. The summed E-state index contributed by atoms with van der Waals surface area (Å²) < 4.78 is 2.09. The Morgan fingerprint density at radius 3 is 2.92 bits per heavy atom. The molecule has 0 saturated carbocycles. The third-order valence-corrected chi connectivity index (χ3v) is 4.81. The summed E-state index contributed by atoms with van der Waals surface area (Å²) in [6, 6.07) is 0.171. The number of imidazole rings is 1. The number of hydrogen-bond acceptors (Lipinski definition) is 4. The summed E-state index contributed by atoms with van der Waals surface area (Å²) in [4.78, 5) is 46.3. The van der Waals surface area contributed by atoms with Gasteiger partial charge in [0.2, 0.25) is 5.91 Å². The van der Waals surface area contributed by atoms with E-state index in [2.05, 4.69) is 19.5 Å². The van der Waals surface area contributed by atoms with Gasteiger partial charge in [0, 0.05) is 43.3 Å². The highest BCUT2D eigenvalue weighted by molar-refractivity contribution is 5.79. The molecule has 8 heteroatoms. The van der Waals surface area contributed by atoms with Crippen molar-refractivity contribution in [2.75, 3.05) is 6.54 Å². The number of piperidine rings is 1. The van der Waals surface area contributed by atoms with E-state index in [1.165, 1.54) is 6.20 Å². The molecule has 1 saturated heterocycles. The number of likely N-dealkylation sites (tertiary alicyclic amines) is 1. The summed E-state index contributed by atoms with van der Waals surface area (Å²) in [5, 5.41) is 0. The Labute approximate surface area is 144 Å². The lowest BCUT2D eigenvalue weighted by molar-refractivity contribution is -0.134. The van der Waals surface area contributed by atoms with Gasteiger partial charge in [0.1, 0.15) is 5.82 Å². The number of nitrogens with one attached hydrogen (secondary N) is 2. The summed E-state index contributed by atoms with van der Waals surface area (Å²) in [5.74, 6) is 0.901. The van der Waals surface area contributed by atoms with Crippen LogP contribution in [0.5, 0.6) is 0 Å². The maximum absolute atomic E-state index is 12.7. The van der Waals surface area contributed by atoms with Crippen molar-refractivity contribution >= 4 is 5.91 Å². The Morgan fingerprint density at radius 1 is 1.36 bits per heavy atom. The molecule has 2 aromatic heterocycles. The molecule has 134 valence electrons. The van der Waals surface area contributed by atoms with Gasteiger partial charge in [-0.1, -0.05) is 0 Å². The maximum atomic E-state index is 12.7. The zero-order valence-electron chi connectivity index (χ0n) is 14.3. The number of aromatic amines is 2. The number of hydrogen-bond donors (Lipinski definition) is 2. The molecule has 1 fully saturated rings. The molecule has 1 atom stereocenters. The lowest BCUT2D eigenvalue weighted by Crippen LogP contribution is -2.45. The van der Waals surface area contributed by atoms with Crippen LogP contribution in [0.25, 0.3) is 0 Å². The van der Waals surface area contributed by atoms with Crippen LogP contribution in [0, 0.1) is 6.92 Å². The Morgan fingerprint density at radius 2 is 2.20 bits per heavy atom. The first-order chi connectivity index (χ1) is 12.0. The number of nitrogens with zero attached hydrogens (tertiary/aromatic N) is 3. The highest BCUT2D eigenvalue weighted by Gasteiger charge is 2.27. The highest BCUT2D eigenvalue weighted by atomic mass is 16.2. The standard InChI is InChI=1S/C17H23N5O3/c1-12-18-6-9-21(12)8-5-14-4-2-3-7-22(14)15(23)10-13-11-19-17(25)20-16(13)24/h6,9,11,14H,2-5,7-8,10H2,1H3,(H2,19,20,24,25). The molecular formula is C17H23N5O3. The molecule has 0 radical (unpaired) electrons. The molecule has 3 rings (SSSR count). The zero-order valence-corrected chi connectivity index (χ0v) is 14.3. The second kappa shape index (κ2) is 7.50. The van der Waals surface area contributed by atoms with Gasteiger partial charge in [-0.25, -0.2) is 9.78 Å². The minimum Gasteiger partial charge on any atom is -0.339 e. The third kappa shape index (κ3) is 4.07. The fraction of sp³-hybridized carbons (Fsp3) is 0.529. The molecule has 0 bridgehead atoms. The molecule has 8 nitrogen and oxygen atoms in total. The minimum atomic E-state index is -0.562. The molecule has 2 aromatic rings. The van der Waals surface area contributed by atoms with Crippen molar-refractivity contribution in [2.45, 2.75) is 51.6 Å². The van der Waals surface area contributed by atoms with Crippen molar-refractivity contribution in [1.29, 1.82) is 0 Å². The number of rotatable bonds is 5. The Hall–Kier alpha value is -2.64. The minimum absolute atomic E-state index is 0.00666. The molecule has 0 aliphatic carbocycles. The molecule has 1 unspecified atom stereocenters. The summed E-state index contributed by atoms with van der Waals surface area (Å²) in [6.07, 6.45) is 8.99. The van der Waals surface area contributed by atoms with Crippen molar-refractivity contribution in [3.63, 3.8) is 0 Å². The first-order valence-corrected chi connectivity index (χ1v) is 8.62. The molecule has 1 aliphatic rings. The van der Waals surface area contributed by atoms with Crippen molar-refractivity contribution in [3.8, 4) is 0 Å². The van der Waals surface area contributed by atoms with E-state index in [0.29, 0.717) is 12.1 Å². The average Bonchev–Trinajstić information content (AvgIpc) is 3.01. The second-order valence-corrected chi connectivity index (χ2v) is 6.47. The molecular weight excluding hydrogens is 322 g/mol. The van der Waals surface area contributed by atoms with Crippen LogP contribution < -0.4 is 11.2 Å². The SMILES string of the molecule is Cc1nccn1CCC1CCCCN1C(=O)Cc1c[nH]c(=O)[nH]c1=O. The molecule has 3 heterocycles. The van der Waals surface area contributed by atoms with E-state index in [1.807, 2.05) is 18.0 Å². The van der Waals surface area contributed by atoms with Gasteiger partial charge in [0.05, 0.1) is 6.42 Å². The molecule has 2 N–H and O–H groups in total. The molecule has 1 aliphatic heterocycles. The summed E-state index contributed by atoms with van der Waals surface area (Å²) in [6.45, 7) is 3.50. The van der Waals surface area contributed by atoms with E-state index in [-0.39, 0.29) is 18.4 Å². The maximum Gasteiger partial charge on any atom is 0.325 e. The summed E-state index contributed by atoms with van der Waals surface area (Å²) in [7, 11) is 0. The first kappa shape index (κ1) is 17.2. The predicted octanol–water partition coefficient (Wildman–Crippen LogP) is 0.582. The van der Waals surface area contributed by atoms with E-state index in [4.69, 9.17) is 0 Å². The van der Waals surface area contributed by atoms with Gasteiger partial charge in [-0.05, 0) is 32.6 Å². The highest BCUT2D eigenvalue weighted by Crippen LogP contribution is 2.21. The van der Waals surface area contributed by atoms with E-state index in [0.717, 1.165) is 38.1 Å². The quantitative estimate of drug-likeness (QED) is 0.827. The number of carbonyl (C=O) groups is 1. The molecule has 0 spiro atoms. The van der Waals surface area contributed by atoms with Crippen molar-refractivity contribution in [2.24, 2.45) is 0 Å². The first-order valence-electron chi connectivity index (χ1n) is 8.62. The average molecular weight is 345 g/mol. The fourth-order valence-corrected chi connectivity index (χ4v) is 3.39. The van der Waals surface area contributed by atoms with Crippen molar-refractivity contribution in [1.82, 2.24) is 24.4 Å². The van der Waals surface area contributed by atoms with Gasteiger partial charge in [-0.15, -0.1) is 0 Å². The summed E-state index contributed by atoms with van der Waals surface area (Å²) in [5.41, 5.74) is -0.771. The molecule has 0 aromatic carbocycles. The van der Waals surface area contributed by atoms with Crippen LogP contribution in [0.3, 0.4) is 0 Å². The molecule has 25 heavy (non-hydrogen) atoms. The Balaban J connectivity index is 1.67. The van der Waals surface area contributed by atoms with Gasteiger partial charge in [0.25, 0.3) is 5.56 Å². The fourth-order valence-electron chi connectivity index (χ4n) is 3.39. The van der Waals surface area contributed by atoms with Crippen LogP contribution in [0.1, 0.15) is 37.1 Å². The van der Waals surface area contributed by atoms with Crippen LogP contribution in [0.2, 0.25) is 0 Å². The zero-order chi connectivity index (χ0) is 17.8. The van der Waals surface area contributed by atoms with Gasteiger partial charge < -0.3 is 14.5 Å². The largest absolute Gasteiger partial charge is 0.339 e. The number of amides is 1. The van der Waals surface area contributed by atoms with Gasteiger partial charge in [-0.3, -0.25) is 14.6 Å². The summed E-state index contributed by atoms with van der Waals surface area (Å²) >= 11 is 0. The number of aromatic nitrogens is 4. The van der Waals surface area contributed by atoms with E-state index in [1.54, 1.807) is 6.20 Å².